The van der Waals surface area contributed by atoms with Crippen LogP contribution >= 0.6 is 0 Å². The lowest BCUT2D eigenvalue weighted by Gasteiger charge is -1.89. The number of halogens is 1. The lowest BCUT2D eigenvalue weighted by Crippen LogP contribution is -3.00. The van der Waals surface area contributed by atoms with E-state index in [2.05, 4.69) is 4.99 Å². The van der Waals surface area contributed by atoms with Gasteiger partial charge in [0.2, 0.25) is 6.04 Å². The zero-order valence-electron chi connectivity index (χ0n) is 6.43. The van der Waals surface area contributed by atoms with Crippen molar-refractivity contribution >= 4 is 11.7 Å². The summed E-state index contributed by atoms with van der Waals surface area (Å²) in [5.74, 6) is -0.733. The molecule has 3 nitrogen and oxygen atoms in total. The Morgan fingerprint density at radius 1 is 1.82 bits per heavy atom. The van der Waals surface area contributed by atoms with E-state index in [1.807, 2.05) is 6.92 Å². The molecule has 2 N–H and O–H groups in total. The normalized spacial score (nSPS) is 22.3. The molecule has 1 aliphatic heterocycles. The predicted octanol–water partition coefficient (Wildman–Crippen LogP) is -3.83. The van der Waals surface area contributed by atoms with Crippen molar-refractivity contribution in [1.29, 1.82) is 0 Å². The molecule has 0 aliphatic carbocycles. The van der Waals surface area contributed by atoms with Gasteiger partial charge in [-0.3, -0.25) is 0 Å². The van der Waals surface area contributed by atoms with Crippen molar-refractivity contribution in [2.75, 3.05) is 0 Å². The third-order valence-electron chi connectivity index (χ3n) is 1.84. The Kier molecular flexibility index (Phi) is 4.11. The zero-order chi connectivity index (χ0) is 7.56. The summed E-state index contributed by atoms with van der Waals surface area (Å²) in [5, 5.41) is 8.55. The maximum atomic E-state index is 10.4. The Bertz CT molecular complexity index is 179. The van der Waals surface area contributed by atoms with E-state index in [-0.39, 0.29) is 18.4 Å². The van der Waals surface area contributed by atoms with Crippen LogP contribution in [0, 0.1) is 0 Å². The number of hydrogen-bond acceptors (Lipinski definition) is 1. The molecule has 1 unspecified atom stereocenters. The van der Waals surface area contributed by atoms with E-state index < -0.39 is 5.97 Å². The quantitative estimate of drug-likeness (QED) is 0.454. The van der Waals surface area contributed by atoms with Gasteiger partial charge in [-0.05, 0) is 0 Å². The molecule has 64 valence electrons. The van der Waals surface area contributed by atoms with Crippen LogP contribution in [-0.4, -0.2) is 22.8 Å². The van der Waals surface area contributed by atoms with Crippen LogP contribution in [0.2, 0.25) is 0 Å². The minimum Gasteiger partial charge on any atom is -1.00 e. The second-order valence-corrected chi connectivity index (χ2v) is 2.53. The van der Waals surface area contributed by atoms with Gasteiger partial charge in [0, 0.05) is 19.3 Å². The van der Waals surface area contributed by atoms with E-state index in [1.54, 1.807) is 0 Å². The number of carboxylic acids is 1. The molecule has 0 saturated heterocycles. The third kappa shape index (κ3) is 2.50. The molecule has 0 aromatic rings. The first kappa shape index (κ1) is 10.4. The molecule has 1 atom stereocenters. The van der Waals surface area contributed by atoms with Crippen molar-refractivity contribution in [3.8, 4) is 0 Å². The molecule has 1 heterocycles. The molecule has 0 radical (unpaired) electrons. The zero-order valence-corrected chi connectivity index (χ0v) is 7.19. The smallest absolute Gasteiger partial charge is 0.372 e. The molecule has 4 heteroatoms. The van der Waals surface area contributed by atoms with Crippen molar-refractivity contribution in [2.24, 2.45) is 0 Å². The standard InChI is InChI=1S/C7H11NO2.ClH/c1-2-5-3-4-6(8-5)7(9)10;/h6H,2-4H2,1H3,(H,9,10);1H. The largest absolute Gasteiger partial charge is 1.00 e. The monoisotopic (exact) mass is 177 g/mol. The first-order valence-corrected chi connectivity index (χ1v) is 3.58. The van der Waals surface area contributed by atoms with Crippen LogP contribution < -0.4 is 17.4 Å². The van der Waals surface area contributed by atoms with Gasteiger partial charge in [0.05, 0.1) is 0 Å². The van der Waals surface area contributed by atoms with Gasteiger partial charge in [-0.15, -0.1) is 0 Å². The number of aliphatic carboxylic acids is 1. The summed E-state index contributed by atoms with van der Waals surface area (Å²) in [4.78, 5) is 13.3. The Morgan fingerprint density at radius 2 is 2.45 bits per heavy atom. The summed E-state index contributed by atoms with van der Waals surface area (Å²) in [6, 6.07) is -0.324. The van der Waals surface area contributed by atoms with Crippen LogP contribution in [0.25, 0.3) is 0 Å². The minimum absolute atomic E-state index is 0. The maximum Gasteiger partial charge on any atom is 0.372 e. The third-order valence-corrected chi connectivity index (χ3v) is 1.84. The van der Waals surface area contributed by atoms with Gasteiger partial charge in [-0.1, -0.05) is 6.92 Å². The molecule has 0 bridgehead atoms. The van der Waals surface area contributed by atoms with Crippen LogP contribution in [0.5, 0.6) is 0 Å². The highest BCUT2D eigenvalue weighted by Crippen LogP contribution is 2.00. The van der Waals surface area contributed by atoms with Gasteiger partial charge in [0.1, 0.15) is 0 Å². The average molecular weight is 178 g/mol. The Morgan fingerprint density at radius 3 is 2.73 bits per heavy atom. The lowest BCUT2D eigenvalue weighted by molar-refractivity contribution is -0.481. The number of carbonyl (C=O) groups is 1. The fourth-order valence-corrected chi connectivity index (χ4v) is 1.17. The lowest BCUT2D eigenvalue weighted by atomic mass is 10.2. The predicted molar refractivity (Wildman–Crippen MR) is 36.9 cm³/mol. The molecular weight excluding hydrogens is 166 g/mol. The Balaban J connectivity index is 0.000001000. The summed E-state index contributed by atoms with van der Waals surface area (Å²) >= 11 is 0. The molecular formula is C7H12ClNO2. The Hall–Kier alpha value is -0.570. The molecule has 0 spiro atoms. The van der Waals surface area contributed by atoms with E-state index >= 15 is 0 Å². The first-order valence-electron chi connectivity index (χ1n) is 3.58. The van der Waals surface area contributed by atoms with Crippen LogP contribution in [-0.2, 0) is 4.79 Å². The number of rotatable bonds is 2. The van der Waals surface area contributed by atoms with Gasteiger partial charge in [-0.25, -0.2) is 9.79 Å². The van der Waals surface area contributed by atoms with Crippen molar-refractivity contribution in [1.82, 2.24) is 0 Å². The van der Waals surface area contributed by atoms with E-state index in [1.165, 1.54) is 5.71 Å². The molecule has 0 fully saturated rings. The van der Waals surface area contributed by atoms with Crippen LogP contribution in [0.1, 0.15) is 26.2 Å². The van der Waals surface area contributed by atoms with E-state index in [9.17, 15) is 4.79 Å². The highest BCUT2D eigenvalue weighted by Gasteiger charge is 2.28. The fourth-order valence-electron chi connectivity index (χ4n) is 1.17. The molecule has 1 aliphatic rings. The van der Waals surface area contributed by atoms with Crippen molar-refractivity contribution < 1.29 is 27.3 Å². The maximum absolute atomic E-state index is 10.4. The molecule has 1 rings (SSSR count). The van der Waals surface area contributed by atoms with Crippen molar-refractivity contribution in [3.63, 3.8) is 0 Å². The SMILES string of the molecule is CCC1=[NH+]C(C(=O)O)CC1.[Cl-]. The first-order chi connectivity index (χ1) is 4.74. The van der Waals surface area contributed by atoms with Gasteiger partial charge in [0.25, 0.3) is 0 Å². The van der Waals surface area contributed by atoms with Gasteiger partial charge in [0.15, 0.2) is 5.71 Å². The van der Waals surface area contributed by atoms with E-state index in [4.69, 9.17) is 5.11 Å². The van der Waals surface area contributed by atoms with Gasteiger partial charge in [-0.2, -0.15) is 0 Å². The summed E-state index contributed by atoms with van der Waals surface area (Å²) in [6.07, 6.45) is 2.62. The number of hydrogen-bond donors (Lipinski definition) is 2. The molecule has 0 saturated carbocycles. The second kappa shape index (κ2) is 4.34. The number of carboxylic acid groups (broad SMARTS) is 1. The second-order valence-electron chi connectivity index (χ2n) is 2.53. The van der Waals surface area contributed by atoms with E-state index in [0.29, 0.717) is 0 Å². The molecule has 0 amide bonds. The summed E-state index contributed by atoms with van der Waals surface area (Å²) in [6.45, 7) is 2.03. The summed E-state index contributed by atoms with van der Waals surface area (Å²) in [5.41, 5.74) is 1.17. The molecule has 0 aromatic carbocycles. The van der Waals surface area contributed by atoms with Gasteiger partial charge < -0.3 is 17.5 Å². The molecule has 11 heavy (non-hydrogen) atoms. The topological polar surface area (TPSA) is 51.3 Å². The van der Waals surface area contributed by atoms with Gasteiger partial charge >= 0.3 is 5.97 Å². The van der Waals surface area contributed by atoms with Crippen molar-refractivity contribution in [2.45, 2.75) is 32.2 Å². The fraction of sp³-hybridized carbons (Fsp3) is 0.714. The minimum atomic E-state index is -0.733. The molecule has 0 aromatic heterocycles. The van der Waals surface area contributed by atoms with Crippen LogP contribution in [0.3, 0.4) is 0 Å². The van der Waals surface area contributed by atoms with Crippen LogP contribution in [0.15, 0.2) is 0 Å². The average Bonchev–Trinajstić information content (AvgIpc) is 2.34. The Labute approximate surface area is 71.9 Å². The van der Waals surface area contributed by atoms with Crippen molar-refractivity contribution in [3.05, 3.63) is 0 Å². The number of nitrogens with one attached hydrogen (secondary N) is 1. The summed E-state index contributed by atoms with van der Waals surface area (Å²) < 4.78 is 0. The van der Waals surface area contributed by atoms with E-state index in [0.717, 1.165) is 19.3 Å². The van der Waals surface area contributed by atoms with Crippen LogP contribution in [0.4, 0.5) is 0 Å². The highest BCUT2D eigenvalue weighted by atomic mass is 35.5. The summed E-state index contributed by atoms with van der Waals surface area (Å²) in [7, 11) is 0. The highest BCUT2D eigenvalue weighted by molar-refractivity contribution is 5.83.